The van der Waals surface area contributed by atoms with Crippen molar-refractivity contribution in [1.29, 1.82) is 0 Å². The topological polar surface area (TPSA) is 59.1 Å². The minimum Gasteiger partial charge on any atom is -0.376 e. The van der Waals surface area contributed by atoms with Crippen LogP contribution in [0.2, 0.25) is 0 Å². The predicted molar refractivity (Wildman–Crippen MR) is 67.1 cm³/mol. The average molecular weight is 236 g/mol. The van der Waals surface area contributed by atoms with Gasteiger partial charge >= 0.3 is 0 Å². The minimum atomic E-state index is 0.319. The monoisotopic (exact) mass is 236 g/mol. The van der Waals surface area contributed by atoms with Crippen LogP contribution in [0.25, 0.3) is 0 Å². The maximum absolute atomic E-state index is 5.61. The number of rotatable bonds is 5. The molecule has 0 amide bonds. The molecule has 1 unspecified atom stereocenters. The maximum Gasteiger partial charge on any atom is 0.148 e. The summed E-state index contributed by atoms with van der Waals surface area (Å²) in [4.78, 5) is 0. The number of hydrogen-bond acceptors (Lipinski definition) is 5. The fraction of sp³-hybridized carbons (Fsp3) is 0.667. The van der Waals surface area contributed by atoms with Crippen LogP contribution < -0.4 is 10.6 Å². The van der Waals surface area contributed by atoms with Crippen LogP contribution >= 0.6 is 0 Å². The molecule has 0 saturated carbocycles. The molecule has 1 aromatic heterocycles. The number of nitrogens with one attached hydrogen (secondary N) is 2. The molecule has 0 radical (unpaired) electrons. The van der Waals surface area contributed by atoms with E-state index in [9.17, 15) is 0 Å². The Bertz CT molecular complexity index is 322. The molecule has 0 aliphatic carbocycles. The summed E-state index contributed by atoms with van der Waals surface area (Å²) in [6.07, 6.45) is 2.23. The fourth-order valence-corrected chi connectivity index (χ4v) is 1.81. The number of aryl methyl sites for hydroxylation is 1. The Morgan fingerprint density at radius 2 is 2.41 bits per heavy atom. The zero-order valence-corrected chi connectivity index (χ0v) is 10.3. The summed E-state index contributed by atoms with van der Waals surface area (Å²) in [5.41, 5.74) is 1.02. The van der Waals surface area contributed by atoms with Crippen molar-refractivity contribution < 1.29 is 4.74 Å². The summed E-state index contributed by atoms with van der Waals surface area (Å²) in [7, 11) is 0. The Labute approximate surface area is 102 Å². The van der Waals surface area contributed by atoms with E-state index in [1.165, 1.54) is 0 Å². The molecule has 0 bridgehead atoms. The minimum absolute atomic E-state index is 0.319. The lowest BCUT2D eigenvalue weighted by molar-refractivity contribution is 0.0258. The van der Waals surface area contributed by atoms with Crippen LogP contribution in [0.5, 0.6) is 0 Å². The molecular formula is C12H20N4O. The molecule has 17 heavy (non-hydrogen) atoms. The SMILES string of the molecule is CCc1ccc(NCCC2CNCCO2)nn1. The Hall–Kier alpha value is -1.20. The number of morpholine rings is 1. The van der Waals surface area contributed by atoms with Crippen molar-refractivity contribution in [2.75, 3.05) is 31.6 Å². The smallest absolute Gasteiger partial charge is 0.148 e. The predicted octanol–water partition coefficient (Wildman–Crippen LogP) is 0.829. The summed E-state index contributed by atoms with van der Waals surface area (Å²) in [6, 6.07) is 3.99. The molecule has 1 aliphatic rings. The number of anilines is 1. The van der Waals surface area contributed by atoms with Gasteiger partial charge in [-0.3, -0.25) is 0 Å². The zero-order valence-electron chi connectivity index (χ0n) is 10.3. The molecule has 1 saturated heterocycles. The van der Waals surface area contributed by atoms with Crippen molar-refractivity contribution in [2.45, 2.75) is 25.9 Å². The van der Waals surface area contributed by atoms with Gasteiger partial charge in [-0.05, 0) is 25.0 Å². The molecular weight excluding hydrogens is 216 g/mol. The quantitative estimate of drug-likeness (QED) is 0.793. The summed E-state index contributed by atoms with van der Waals surface area (Å²) < 4.78 is 5.61. The highest BCUT2D eigenvalue weighted by molar-refractivity contribution is 5.32. The van der Waals surface area contributed by atoms with Gasteiger partial charge in [-0.25, -0.2) is 0 Å². The summed E-state index contributed by atoms with van der Waals surface area (Å²) in [6.45, 7) is 5.67. The lowest BCUT2D eigenvalue weighted by atomic mass is 10.2. The Morgan fingerprint density at radius 1 is 1.47 bits per heavy atom. The van der Waals surface area contributed by atoms with Crippen molar-refractivity contribution in [2.24, 2.45) is 0 Å². The molecule has 5 heteroatoms. The van der Waals surface area contributed by atoms with Gasteiger partial charge in [0.2, 0.25) is 0 Å². The third-order valence-electron chi connectivity index (χ3n) is 2.86. The highest BCUT2D eigenvalue weighted by Crippen LogP contribution is 2.05. The molecule has 1 aliphatic heterocycles. The number of ether oxygens (including phenoxy) is 1. The third-order valence-corrected chi connectivity index (χ3v) is 2.86. The van der Waals surface area contributed by atoms with Crippen LogP contribution in [0.4, 0.5) is 5.82 Å². The second kappa shape index (κ2) is 6.51. The molecule has 2 heterocycles. The van der Waals surface area contributed by atoms with Crippen LogP contribution in [0.15, 0.2) is 12.1 Å². The van der Waals surface area contributed by atoms with Gasteiger partial charge in [0.25, 0.3) is 0 Å². The van der Waals surface area contributed by atoms with Gasteiger partial charge in [-0.15, -0.1) is 5.10 Å². The van der Waals surface area contributed by atoms with E-state index in [2.05, 4.69) is 27.8 Å². The second-order valence-electron chi connectivity index (χ2n) is 4.18. The van der Waals surface area contributed by atoms with Gasteiger partial charge in [-0.1, -0.05) is 6.92 Å². The van der Waals surface area contributed by atoms with E-state index >= 15 is 0 Å². The third kappa shape index (κ3) is 3.94. The lowest BCUT2D eigenvalue weighted by Gasteiger charge is -2.23. The van der Waals surface area contributed by atoms with E-state index < -0.39 is 0 Å². The second-order valence-corrected chi connectivity index (χ2v) is 4.18. The first kappa shape index (κ1) is 12.3. The number of aromatic nitrogens is 2. The molecule has 1 fully saturated rings. The van der Waals surface area contributed by atoms with E-state index in [0.29, 0.717) is 6.10 Å². The van der Waals surface area contributed by atoms with Gasteiger partial charge in [0.05, 0.1) is 18.4 Å². The molecule has 94 valence electrons. The van der Waals surface area contributed by atoms with Crippen molar-refractivity contribution in [3.8, 4) is 0 Å². The van der Waals surface area contributed by atoms with Crippen LogP contribution in [-0.4, -0.2) is 42.5 Å². The van der Waals surface area contributed by atoms with Gasteiger partial charge in [0.1, 0.15) is 5.82 Å². The summed E-state index contributed by atoms with van der Waals surface area (Å²) in [5, 5.41) is 14.8. The number of hydrogen-bond donors (Lipinski definition) is 2. The highest BCUT2D eigenvalue weighted by atomic mass is 16.5. The first-order valence-electron chi connectivity index (χ1n) is 6.27. The maximum atomic E-state index is 5.61. The summed E-state index contributed by atoms with van der Waals surface area (Å²) >= 11 is 0. The van der Waals surface area contributed by atoms with Crippen LogP contribution in [0.3, 0.4) is 0 Å². The molecule has 2 N–H and O–H groups in total. The summed E-state index contributed by atoms with van der Waals surface area (Å²) in [5.74, 6) is 0.839. The van der Waals surface area contributed by atoms with Crippen LogP contribution in [0, 0.1) is 0 Å². The van der Waals surface area contributed by atoms with Crippen molar-refractivity contribution in [3.63, 3.8) is 0 Å². The molecule has 2 rings (SSSR count). The van der Waals surface area contributed by atoms with Gasteiger partial charge in [-0.2, -0.15) is 5.10 Å². The highest BCUT2D eigenvalue weighted by Gasteiger charge is 2.12. The fourth-order valence-electron chi connectivity index (χ4n) is 1.81. The molecule has 1 atom stereocenters. The van der Waals surface area contributed by atoms with Crippen LogP contribution in [-0.2, 0) is 11.2 Å². The van der Waals surface area contributed by atoms with E-state index in [1.54, 1.807) is 0 Å². The molecule has 5 nitrogen and oxygen atoms in total. The van der Waals surface area contributed by atoms with E-state index in [-0.39, 0.29) is 0 Å². The van der Waals surface area contributed by atoms with Crippen molar-refractivity contribution >= 4 is 5.82 Å². The molecule has 1 aromatic rings. The lowest BCUT2D eigenvalue weighted by Crippen LogP contribution is -2.39. The van der Waals surface area contributed by atoms with Gasteiger partial charge < -0.3 is 15.4 Å². The average Bonchev–Trinajstić information content (AvgIpc) is 2.41. The van der Waals surface area contributed by atoms with Crippen molar-refractivity contribution in [3.05, 3.63) is 17.8 Å². The first-order valence-corrected chi connectivity index (χ1v) is 6.27. The number of nitrogens with zero attached hydrogens (tertiary/aromatic N) is 2. The largest absolute Gasteiger partial charge is 0.376 e. The zero-order chi connectivity index (χ0) is 11.9. The Balaban J connectivity index is 1.69. The van der Waals surface area contributed by atoms with E-state index in [1.807, 2.05) is 12.1 Å². The normalized spacial score (nSPS) is 20.2. The Morgan fingerprint density at radius 3 is 3.06 bits per heavy atom. The molecule has 0 aromatic carbocycles. The van der Waals surface area contributed by atoms with Crippen molar-refractivity contribution in [1.82, 2.24) is 15.5 Å². The standard InChI is InChI=1S/C12H20N4O/c1-2-10-3-4-12(16-15-10)14-6-5-11-9-13-7-8-17-11/h3-4,11,13H,2,5-9H2,1H3,(H,14,16). The van der Waals surface area contributed by atoms with E-state index in [4.69, 9.17) is 4.74 Å². The first-order chi connectivity index (χ1) is 8.38. The van der Waals surface area contributed by atoms with Gasteiger partial charge in [0, 0.05) is 19.6 Å². The van der Waals surface area contributed by atoms with Crippen LogP contribution in [0.1, 0.15) is 19.0 Å². The molecule has 0 spiro atoms. The van der Waals surface area contributed by atoms with E-state index in [0.717, 1.165) is 50.6 Å². The Kier molecular flexibility index (Phi) is 4.70. The van der Waals surface area contributed by atoms with Gasteiger partial charge in [0.15, 0.2) is 0 Å².